The van der Waals surface area contributed by atoms with Gasteiger partial charge < -0.3 is 9.90 Å². The van der Waals surface area contributed by atoms with Gasteiger partial charge in [-0.2, -0.15) is 56.8 Å². The van der Waals surface area contributed by atoms with Crippen LogP contribution in [0.25, 0.3) is 55.7 Å². The maximum atomic E-state index is 10.0. The van der Waals surface area contributed by atoms with Crippen LogP contribution in [0.5, 0.6) is 0 Å². The van der Waals surface area contributed by atoms with Crippen LogP contribution in [-0.4, -0.2) is 40.9 Å². The van der Waals surface area contributed by atoms with Gasteiger partial charge in [-0.3, -0.25) is 4.98 Å². The normalized spacial score (nSPS) is 10.3. The van der Waals surface area contributed by atoms with Crippen LogP contribution in [-0.2, 0) is 20.1 Å². The number of aromatic nitrogens is 7. The monoisotopic (exact) mass is 855 g/mol. The van der Waals surface area contributed by atoms with Crippen molar-refractivity contribution in [3.8, 4) is 33.6 Å². The topological polar surface area (TPSA) is 114 Å². The van der Waals surface area contributed by atoms with Gasteiger partial charge in [0.2, 0.25) is 0 Å². The molecule has 0 unspecified atom stereocenters. The smallest absolute Gasteiger partial charge is 0.543 e. The minimum atomic E-state index is -1.24. The van der Waals surface area contributed by atoms with E-state index in [4.69, 9.17) is 0 Å². The molecular weight excluding hydrogens is 827 g/mol. The van der Waals surface area contributed by atoms with E-state index in [-0.39, 0.29) is 25.8 Å². The summed E-state index contributed by atoms with van der Waals surface area (Å²) in [6.45, 7) is 0. The van der Waals surface area contributed by atoms with E-state index in [0.29, 0.717) is 0 Å². The molecule has 0 radical (unpaired) electrons. The summed E-state index contributed by atoms with van der Waals surface area (Å²) in [7, 11) is 0. The third kappa shape index (κ3) is 8.57. The third-order valence-corrected chi connectivity index (χ3v) is 7.67. The van der Waals surface area contributed by atoms with Gasteiger partial charge in [-0.15, -0.1) is 23.3 Å². The fourth-order valence-electron chi connectivity index (χ4n) is 5.18. The second-order valence-electron chi connectivity index (χ2n) is 11.2. The molecule has 0 fully saturated rings. The molecule has 0 aliphatic heterocycles. The van der Waals surface area contributed by atoms with E-state index in [1.807, 2.05) is 109 Å². The first-order chi connectivity index (χ1) is 25.1. The number of fused-ring (bicyclic) bond motifs is 2. The predicted molar refractivity (Wildman–Crippen MR) is 195 cm³/mol. The van der Waals surface area contributed by atoms with Crippen LogP contribution < -0.4 is 5.11 Å². The Morgan fingerprint density at radius 2 is 0.865 bits per heavy atom. The van der Waals surface area contributed by atoms with Crippen molar-refractivity contribution in [2.45, 2.75) is 0 Å². The van der Waals surface area contributed by atoms with E-state index in [1.54, 1.807) is 21.7 Å². The summed E-state index contributed by atoms with van der Waals surface area (Å²) in [5.74, 6) is -1.24. The van der Waals surface area contributed by atoms with Crippen molar-refractivity contribution in [3.63, 3.8) is 0 Å². The molecular formula is C42H28IrN7O2. The zero-order valence-electron chi connectivity index (χ0n) is 27.4. The summed E-state index contributed by atoms with van der Waals surface area (Å²) in [5, 5.41) is 28.0. The number of nitrogens with zero attached hydrogens (tertiary/aromatic N) is 7. The minimum Gasteiger partial charge on any atom is -0.543 e. The number of aromatic carboxylic acids is 1. The molecule has 0 amide bonds. The standard InChI is InChI=1S/2C18H12N3.C6H5NO2.Ir/c2*1-2-7-14(8-3-1)15-9-6-10-16(13-15)21-19-17-11-4-5-12-18(17)20-21;8-6(9)5-3-1-2-4-7-5;/h2*1-5,7-13H;1-4H,(H,8,9);/q2*-1;;+3/p-1. The summed E-state index contributed by atoms with van der Waals surface area (Å²) < 4.78 is 0. The first-order valence-corrected chi connectivity index (χ1v) is 16.0. The van der Waals surface area contributed by atoms with Crippen molar-refractivity contribution < 1.29 is 30.0 Å². The van der Waals surface area contributed by atoms with Gasteiger partial charge in [0, 0.05) is 6.20 Å². The molecule has 0 bridgehead atoms. The van der Waals surface area contributed by atoms with Crippen molar-refractivity contribution in [1.29, 1.82) is 0 Å². The maximum absolute atomic E-state index is 10.0. The quantitative estimate of drug-likeness (QED) is 0.168. The third-order valence-electron chi connectivity index (χ3n) is 7.67. The minimum absolute atomic E-state index is 0. The molecule has 0 saturated heterocycles. The van der Waals surface area contributed by atoms with E-state index >= 15 is 0 Å². The second kappa shape index (κ2) is 16.9. The van der Waals surface area contributed by atoms with Gasteiger partial charge in [0.25, 0.3) is 0 Å². The zero-order chi connectivity index (χ0) is 34.8. The van der Waals surface area contributed by atoms with Gasteiger partial charge in [0.05, 0.1) is 11.7 Å². The molecule has 9 rings (SSSR count). The van der Waals surface area contributed by atoms with Crippen molar-refractivity contribution in [3.05, 3.63) is 188 Å². The number of hydrogen-bond donors (Lipinski definition) is 0. The van der Waals surface area contributed by atoms with Crippen LogP contribution >= 0.6 is 0 Å². The van der Waals surface area contributed by atoms with Gasteiger partial charge in [0.1, 0.15) is 22.1 Å². The van der Waals surface area contributed by atoms with E-state index < -0.39 is 5.97 Å². The number of rotatable bonds is 5. The molecule has 0 atom stereocenters. The molecule has 0 aliphatic rings. The van der Waals surface area contributed by atoms with Gasteiger partial charge >= 0.3 is 20.1 Å². The maximum Gasteiger partial charge on any atom is 3.00 e. The van der Waals surface area contributed by atoms with Crippen molar-refractivity contribution >= 4 is 28.0 Å². The average molecular weight is 855 g/mol. The van der Waals surface area contributed by atoms with Gasteiger partial charge in [-0.25, -0.2) is 9.59 Å². The van der Waals surface area contributed by atoms with Crippen molar-refractivity contribution in [2.75, 3.05) is 0 Å². The molecule has 252 valence electrons. The number of pyridine rings is 1. The summed E-state index contributed by atoms with van der Waals surface area (Å²) in [6.07, 6.45) is 1.41. The van der Waals surface area contributed by atoms with Gasteiger partial charge in [-0.1, -0.05) is 102 Å². The van der Waals surface area contributed by atoms with Crippen LogP contribution in [0.1, 0.15) is 10.5 Å². The number of benzene rings is 6. The summed E-state index contributed by atoms with van der Waals surface area (Å²) in [6, 6.07) is 59.0. The molecule has 3 aromatic heterocycles. The first kappa shape index (κ1) is 35.2. The van der Waals surface area contributed by atoms with Crippen molar-refractivity contribution in [2.24, 2.45) is 0 Å². The molecule has 52 heavy (non-hydrogen) atoms. The Hall–Kier alpha value is -6.61. The molecule has 0 N–H and O–H groups in total. The Morgan fingerprint density at radius 3 is 1.21 bits per heavy atom. The molecule has 3 heterocycles. The molecule has 0 aliphatic carbocycles. The predicted octanol–water partition coefficient (Wildman–Crippen LogP) is 7.22. The Labute approximate surface area is 313 Å². The van der Waals surface area contributed by atoms with E-state index in [2.05, 4.69) is 73.9 Å². The zero-order valence-corrected chi connectivity index (χ0v) is 29.8. The average Bonchev–Trinajstić information content (AvgIpc) is 3.85. The Kier molecular flexibility index (Phi) is 11.4. The Bertz CT molecular complexity index is 2300. The summed E-state index contributed by atoms with van der Waals surface area (Å²) in [4.78, 5) is 16.9. The largest absolute Gasteiger partial charge is 3.00 e. The van der Waals surface area contributed by atoms with Gasteiger partial charge in [-0.05, 0) is 47.8 Å². The Morgan fingerprint density at radius 1 is 0.481 bits per heavy atom. The van der Waals surface area contributed by atoms with Crippen LogP contribution in [0.4, 0.5) is 0 Å². The first-order valence-electron chi connectivity index (χ1n) is 16.0. The van der Waals surface area contributed by atoms with Gasteiger partial charge in [0.15, 0.2) is 0 Å². The Balaban J connectivity index is 0.000000143. The second-order valence-corrected chi connectivity index (χ2v) is 11.2. The van der Waals surface area contributed by atoms with Crippen LogP contribution in [0.15, 0.2) is 170 Å². The number of carbonyl (C=O) groups excluding carboxylic acids is 1. The molecule has 0 spiro atoms. The van der Waals surface area contributed by atoms with Crippen molar-refractivity contribution in [1.82, 2.24) is 35.0 Å². The fourth-order valence-corrected chi connectivity index (χ4v) is 5.18. The number of hydrogen-bond acceptors (Lipinski definition) is 7. The van der Waals surface area contributed by atoms with E-state index in [9.17, 15) is 9.90 Å². The molecule has 10 heteroatoms. The van der Waals surface area contributed by atoms with Crippen LogP contribution in [0, 0.1) is 12.1 Å². The molecule has 9 aromatic rings. The van der Waals surface area contributed by atoms with E-state index in [1.165, 1.54) is 12.3 Å². The number of carboxylic acid groups (broad SMARTS) is 1. The SMILES string of the molecule is O=C([O-])c1ccccn1.[Ir+3].[c-]1cc(-c2ccccc2)cc(-n2nc3ccccc3n2)c1.[c-]1cc(-c2ccccc2)cc(-n2nc3ccccc3n2)c1. The molecule has 6 aromatic carbocycles. The molecule has 9 nitrogen and oxygen atoms in total. The number of carboxylic acids is 1. The van der Waals surface area contributed by atoms with E-state index in [0.717, 1.165) is 55.7 Å². The summed E-state index contributed by atoms with van der Waals surface area (Å²) >= 11 is 0. The molecule has 0 saturated carbocycles. The van der Waals surface area contributed by atoms with Crippen LogP contribution in [0.3, 0.4) is 0 Å². The summed E-state index contributed by atoms with van der Waals surface area (Å²) in [5.41, 5.74) is 9.89. The van der Waals surface area contributed by atoms with Crippen LogP contribution in [0.2, 0.25) is 0 Å². The number of carbonyl (C=O) groups is 1. The fraction of sp³-hybridized carbons (Fsp3) is 0.